The molecule has 3 rings (SSSR count). The number of fused-ring (bicyclic) bond motifs is 1. The monoisotopic (exact) mass is 369 g/mol. The van der Waals surface area contributed by atoms with E-state index < -0.39 is 0 Å². The maximum Gasteiger partial charge on any atom is 0.230 e. The molecule has 2 aromatic heterocycles. The molecule has 26 heavy (non-hydrogen) atoms. The Balaban J connectivity index is 1.44. The fourth-order valence-electron chi connectivity index (χ4n) is 2.72. The van der Waals surface area contributed by atoms with Gasteiger partial charge >= 0.3 is 0 Å². The number of hydrogen-bond donors (Lipinski definition) is 1. The van der Waals surface area contributed by atoms with Crippen molar-refractivity contribution >= 4 is 23.3 Å². The van der Waals surface area contributed by atoms with Crippen LogP contribution >= 0.6 is 11.8 Å². The Kier molecular flexibility index (Phi) is 6.30. The number of aromatic nitrogens is 2. The van der Waals surface area contributed by atoms with Gasteiger partial charge in [-0.05, 0) is 29.7 Å². The first kappa shape index (κ1) is 18.5. The van der Waals surface area contributed by atoms with Crippen LogP contribution in [0.15, 0.2) is 48.8 Å². The van der Waals surface area contributed by atoms with E-state index in [1.807, 2.05) is 40.9 Å². The van der Waals surface area contributed by atoms with Crippen LogP contribution in [0.4, 0.5) is 0 Å². The zero-order valence-corrected chi connectivity index (χ0v) is 15.9. The third kappa shape index (κ3) is 5.09. The Morgan fingerprint density at radius 2 is 2.08 bits per heavy atom. The molecule has 0 radical (unpaired) electrons. The topological polar surface area (TPSA) is 55.6 Å². The van der Waals surface area contributed by atoms with Crippen molar-refractivity contribution < 1.29 is 9.53 Å². The molecule has 0 atom stereocenters. The van der Waals surface area contributed by atoms with Gasteiger partial charge in [0.25, 0.3) is 0 Å². The first-order valence-electron chi connectivity index (χ1n) is 8.49. The molecule has 0 fully saturated rings. The van der Waals surface area contributed by atoms with Gasteiger partial charge < -0.3 is 14.5 Å². The number of nitrogens with one attached hydrogen (secondary N) is 1. The first-order chi connectivity index (χ1) is 12.6. The summed E-state index contributed by atoms with van der Waals surface area (Å²) in [4.78, 5) is 16.6. The standard InChI is InChI=1S/C20H23N3O2S/c1-15-6-7-19-22-18(11-23(19)10-15)13-26-14-20(24)21-9-16-4-3-5-17(8-16)12-25-2/h3-8,10-11H,9,12-14H2,1-2H3,(H,21,24). The predicted molar refractivity (Wildman–Crippen MR) is 105 cm³/mol. The van der Waals surface area contributed by atoms with Gasteiger partial charge in [0.1, 0.15) is 5.65 Å². The molecule has 0 unspecified atom stereocenters. The molecule has 0 aliphatic carbocycles. The molecule has 136 valence electrons. The second kappa shape index (κ2) is 8.87. The third-order valence-corrected chi connectivity index (χ3v) is 4.89. The molecule has 0 spiro atoms. The lowest BCUT2D eigenvalue weighted by Crippen LogP contribution is -2.24. The second-order valence-corrected chi connectivity index (χ2v) is 7.21. The van der Waals surface area contributed by atoms with Crippen molar-refractivity contribution in [1.82, 2.24) is 14.7 Å². The van der Waals surface area contributed by atoms with Crippen LogP contribution < -0.4 is 5.32 Å². The number of imidazole rings is 1. The summed E-state index contributed by atoms with van der Waals surface area (Å²) in [5.74, 6) is 1.18. The van der Waals surface area contributed by atoms with E-state index in [4.69, 9.17) is 4.74 Å². The van der Waals surface area contributed by atoms with Crippen LogP contribution in [0, 0.1) is 6.92 Å². The number of benzene rings is 1. The molecule has 3 aromatic rings. The number of hydrogen-bond acceptors (Lipinski definition) is 4. The van der Waals surface area contributed by atoms with Crippen molar-refractivity contribution in [2.75, 3.05) is 12.9 Å². The highest BCUT2D eigenvalue weighted by Crippen LogP contribution is 2.14. The van der Waals surface area contributed by atoms with E-state index in [9.17, 15) is 4.79 Å². The summed E-state index contributed by atoms with van der Waals surface area (Å²) < 4.78 is 7.16. The minimum atomic E-state index is 0.0340. The van der Waals surface area contributed by atoms with Crippen molar-refractivity contribution in [2.45, 2.75) is 25.8 Å². The number of amides is 1. The lowest BCUT2D eigenvalue weighted by atomic mass is 10.1. The Bertz CT molecular complexity index is 892. The van der Waals surface area contributed by atoms with E-state index in [0.717, 1.165) is 28.2 Å². The van der Waals surface area contributed by atoms with Gasteiger partial charge in [-0.2, -0.15) is 0 Å². The number of pyridine rings is 1. The summed E-state index contributed by atoms with van der Waals surface area (Å²) in [5.41, 5.74) is 5.31. The molecule has 0 bridgehead atoms. The van der Waals surface area contributed by atoms with E-state index in [1.165, 1.54) is 5.56 Å². The summed E-state index contributed by atoms with van der Waals surface area (Å²) in [6.45, 7) is 3.17. The Hall–Kier alpha value is -2.31. The zero-order chi connectivity index (χ0) is 18.4. The number of thioether (sulfide) groups is 1. The van der Waals surface area contributed by atoms with E-state index in [1.54, 1.807) is 18.9 Å². The van der Waals surface area contributed by atoms with E-state index >= 15 is 0 Å². The van der Waals surface area contributed by atoms with Crippen LogP contribution in [0.2, 0.25) is 0 Å². The highest BCUT2D eigenvalue weighted by Gasteiger charge is 2.06. The fourth-order valence-corrected chi connectivity index (χ4v) is 3.46. The summed E-state index contributed by atoms with van der Waals surface area (Å²) in [6.07, 6.45) is 4.08. The Morgan fingerprint density at radius 3 is 2.92 bits per heavy atom. The van der Waals surface area contributed by atoms with Gasteiger partial charge in [-0.1, -0.05) is 30.3 Å². The van der Waals surface area contributed by atoms with E-state index in [2.05, 4.69) is 29.5 Å². The normalized spacial score (nSPS) is 11.0. The lowest BCUT2D eigenvalue weighted by molar-refractivity contribution is -0.118. The predicted octanol–water partition coefficient (Wildman–Crippen LogP) is 3.34. The third-order valence-electron chi connectivity index (χ3n) is 3.92. The second-order valence-electron chi connectivity index (χ2n) is 6.23. The van der Waals surface area contributed by atoms with Crippen molar-refractivity contribution in [3.05, 3.63) is 71.2 Å². The highest BCUT2D eigenvalue weighted by molar-refractivity contribution is 7.99. The summed E-state index contributed by atoms with van der Waals surface area (Å²) in [5, 5.41) is 2.96. The number of ether oxygens (including phenoxy) is 1. The summed E-state index contributed by atoms with van der Waals surface area (Å²) >= 11 is 1.57. The van der Waals surface area contributed by atoms with Crippen LogP contribution in [0.25, 0.3) is 5.65 Å². The number of methoxy groups -OCH3 is 1. The summed E-state index contributed by atoms with van der Waals surface area (Å²) in [7, 11) is 1.68. The maximum atomic E-state index is 12.1. The van der Waals surface area contributed by atoms with E-state index in [-0.39, 0.29) is 5.91 Å². The molecule has 0 aliphatic heterocycles. The molecule has 2 heterocycles. The minimum Gasteiger partial charge on any atom is -0.380 e. The summed E-state index contributed by atoms with van der Waals surface area (Å²) in [6, 6.07) is 12.1. The van der Waals surface area contributed by atoms with E-state index in [0.29, 0.717) is 18.9 Å². The molecule has 0 aliphatic rings. The van der Waals surface area contributed by atoms with Crippen molar-refractivity contribution in [3.8, 4) is 0 Å². The molecule has 1 amide bonds. The number of rotatable bonds is 8. The van der Waals surface area contributed by atoms with Gasteiger partial charge in [-0.3, -0.25) is 4.79 Å². The number of carbonyl (C=O) groups excluding carboxylic acids is 1. The van der Waals surface area contributed by atoms with Crippen LogP contribution in [0.3, 0.4) is 0 Å². The van der Waals surface area contributed by atoms with Crippen LogP contribution in [0.5, 0.6) is 0 Å². The molecule has 1 aromatic carbocycles. The average Bonchev–Trinajstić information content (AvgIpc) is 3.02. The number of carbonyl (C=O) groups is 1. The quantitative estimate of drug-likeness (QED) is 0.662. The van der Waals surface area contributed by atoms with Crippen LogP contribution in [-0.4, -0.2) is 28.2 Å². The van der Waals surface area contributed by atoms with Crippen LogP contribution in [0.1, 0.15) is 22.4 Å². The lowest BCUT2D eigenvalue weighted by Gasteiger charge is -2.07. The van der Waals surface area contributed by atoms with Gasteiger partial charge in [-0.25, -0.2) is 4.98 Å². The van der Waals surface area contributed by atoms with Gasteiger partial charge in [0.2, 0.25) is 5.91 Å². The Labute approximate surface area is 157 Å². The minimum absolute atomic E-state index is 0.0340. The smallest absolute Gasteiger partial charge is 0.230 e. The Morgan fingerprint density at radius 1 is 1.23 bits per heavy atom. The first-order valence-corrected chi connectivity index (χ1v) is 9.65. The molecule has 1 N–H and O–H groups in total. The number of aryl methyl sites for hydroxylation is 1. The molecule has 5 nitrogen and oxygen atoms in total. The highest BCUT2D eigenvalue weighted by atomic mass is 32.2. The zero-order valence-electron chi connectivity index (χ0n) is 15.1. The number of nitrogens with zero attached hydrogens (tertiary/aromatic N) is 2. The van der Waals surface area contributed by atoms with Crippen molar-refractivity contribution in [2.24, 2.45) is 0 Å². The largest absolute Gasteiger partial charge is 0.380 e. The molecular weight excluding hydrogens is 346 g/mol. The molecule has 0 saturated carbocycles. The van der Waals surface area contributed by atoms with Crippen LogP contribution in [-0.2, 0) is 28.4 Å². The molecular formula is C20H23N3O2S. The van der Waals surface area contributed by atoms with Crippen molar-refractivity contribution in [1.29, 1.82) is 0 Å². The maximum absolute atomic E-state index is 12.1. The van der Waals surface area contributed by atoms with Gasteiger partial charge in [0, 0.05) is 31.8 Å². The van der Waals surface area contributed by atoms with Gasteiger partial charge in [-0.15, -0.1) is 11.8 Å². The SMILES string of the molecule is COCc1cccc(CNC(=O)CSCc2cn3cc(C)ccc3n2)c1. The van der Waals surface area contributed by atoms with Gasteiger partial charge in [0.15, 0.2) is 0 Å². The molecule has 6 heteroatoms. The average molecular weight is 369 g/mol. The molecule has 0 saturated heterocycles. The van der Waals surface area contributed by atoms with Gasteiger partial charge in [0.05, 0.1) is 18.1 Å². The van der Waals surface area contributed by atoms with Crippen molar-refractivity contribution in [3.63, 3.8) is 0 Å². The fraction of sp³-hybridized carbons (Fsp3) is 0.300.